The van der Waals surface area contributed by atoms with E-state index >= 15 is 0 Å². The van der Waals surface area contributed by atoms with E-state index in [-0.39, 0.29) is 29.4 Å². The van der Waals surface area contributed by atoms with Crippen LogP contribution in [0.5, 0.6) is 0 Å². The first-order valence-electron chi connectivity index (χ1n) is 21.0. The minimum absolute atomic E-state index is 0.0452. The van der Waals surface area contributed by atoms with Gasteiger partial charge in [-0.2, -0.15) is 11.8 Å². The molecule has 62 heavy (non-hydrogen) atoms. The van der Waals surface area contributed by atoms with Crippen LogP contribution in [-0.4, -0.2) is 70.8 Å². The standard InChI is InChI=1S/C51H54N4O4S3/c1-50(2,3)59-49(58)55(35-40-32-42(34-53-40)62-51(37-19-11-6-12-20-37,38-21-13-7-14-22-38)39-23-15-8-16-24-39)41-25-26-43(44(33-41)48-52-28-30-61-48)47(57)54-45(27-29-60-4)46(56)31-36-17-9-5-10-18-36/h5-26,28,30,33,40,42,45,53H,27,29,31-32,34-35H2,1-4H3,(H,54,57)/t40-,42-,45-/m0/s1. The van der Waals surface area contributed by atoms with Crippen molar-refractivity contribution in [3.8, 4) is 10.6 Å². The number of aromatic nitrogens is 1. The average Bonchev–Trinajstić information content (AvgIpc) is 3.99. The van der Waals surface area contributed by atoms with Gasteiger partial charge in [0, 0.05) is 59.2 Å². The van der Waals surface area contributed by atoms with E-state index in [1.165, 1.54) is 28.0 Å². The molecule has 1 aliphatic heterocycles. The molecule has 8 nitrogen and oxygen atoms in total. The lowest BCUT2D eigenvalue weighted by molar-refractivity contribution is -0.120. The van der Waals surface area contributed by atoms with Crippen LogP contribution in [0.4, 0.5) is 10.5 Å². The SMILES string of the molecule is CSCC[C@H](NC(=O)c1ccc(N(C[C@@H]2C[C@H](SC(c3ccccc3)(c3ccccc3)c3ccccc3)CN2)C(=O)OC(C)(C)C)cc1-c1nccs1)C(=O)Cc1ccccc1. The minimum atomic E-state index is -0.743. The van der Waals surface area contributed by atoms with Crippen molar-refractivity contribution in [1.29, 1.82) is 0 Å². The highest BCUT2D eigenvalue weighted by molar-refractivity contribution is 8.01. The molecule has 1 saturated heterocycles. The maximum absolute atomic E-state index is 14.2. The van der Waals surface area contributed by atoms with E-state index in [0.717, 1.165) is 24.3 Å². The normalized spacial score (nSPS) is 15.7. The van der Waals surface area contributed by atoms with E-state index in [4.69, 9.17) is 4.74 Å². The fraction of sp³-hybridized carbons (Fsp3) is 0.294. The third-order valence-corrected chi connectivity index (χ3v) is 14.0. The Morgan fingerprint density at radius 1 is 0.855 bits per heavy atom. The van der Waals surface area contributed by atoms with Gasteiger partial charge < -0.3 is 15.4 Å². The molecule has 11 heteroatoms. The highest BCUT2D eigenvalue weighted by atomic mass is 32.2. The highest BCUT2D eigenvalue weighted by Crippen LogP contribution is 2.51. The summed E-state index contributed by atoms with van der Waals surface area (Å²) in [5.41, 5.74) is 5.32. The topological polar surface area (TPSA) is 101 Å². The van der Waals surface area contributed by atoms with Crippen LogP contribution in [0.25, 0.3) is 10.6 Å². The molecule has 0 spiro atoms. The number of anilines is 1. The van der Waals surface area contributed by atoms with Gasteiger partial charge in [-0.1, -0.05) is 121 Å². The number of nitrogens with zero attached hydrogens (tertiary/aromatic N) is 2. The molecule has 0 unspecified atom stereocenters. The van der Waals surface area contributed by atoms with Crippen molar-refractivity contribution < 1.29 is 19.1 Å². The first kappa shape index (κ1) is 44.8. The molecule has 2 heterocycles. The summed E-state index contributed by atoms with van der Waals surface area (Å²) in [6.45, 7) is 6.67. The van der Waals surface area contributed by atoms with Crippen LogP contribution in [0.15, 0.2) is 151 Å². The summed E-state index contributed by atoms with van der Waals surface area (Å²) in [6, 6.07) is 46.4. The summed E-state index contributed by atoms with van der Waals surface area (Å²) in [6.07, 6.45) is 4.74. The number of hydrogen-bond acceptors (Lipinski definition) is 9. The van der Waals surface area contributed by atoms with E-state index in [2.05, 4.69) is 107 Å². The fourth-order valence-corrected chi connectivity index (χ4v) is 10.9. The van der Waals surface area contributed by atoms with Crippen molar-refractivity contribution in [3.05, 3.63) is 179 Å². The molecule has 2 N–H and O–H groups in total. The van der Waals surface area contributed by atoms with Gasteiger partial charge in [0.05, 0.1) is 10.8 Å². The second-order valence-electron chi connectivity index (χ2n) is 16.5. The quantitative estimate of drug-likeness (QED) is 0.0874. The number of benzene rings is 5. The van der Waals surface area contributed by atoms with Crippen molar-refractivity contribution in [2.24, 2.45) is 0 Å². The van der Waals surface area contributed by atoms with Crippen LogP contribution in [0.1, 0.15) is 66.2 Å². The first-order valence-corrected chi connectivity index (χ1v) is 24.2. The summed E-state index contributed by atoms with van der Waals surface area (Å²) in [5.74, 6) is 0.305. The third kappa shape index (κ3) is 11.1. The van der Waals surface area contributed by atoms with Crippen LogP contribution in [0.3, 0.4) is 0 Å². The van der Waals surface area contributed by atoms with Gasteiger partial charge in [-0.05, 0) is 86.1 Å². The zero-order chi connectivity index (χ0) is 43.5. The van der Waals surface area contributed by atoms with E-state index < -0.39 is 22.5 Å². The molecule has 1 aromatic heterocycles. The zero-order valence-electron chi connectivity index (χ0n) is 35.7. The van der Waals surface area contributed by atoms with Gasteiger partial charge in [-0.25, -0.2) is 9.78 Å². The number of ketones is 1. The molecule has 1 fully saturated rings. The molecule has 7 rings (SSSR count). The Kier molecular flexibility index (Phi) is 15.0. The first-order chi connectivity index (χ1) is 30.0. The lowest BCUT2D eigenvalue weighted by atomic mass is 9.84. The number of rotatable bonds is 17. The Bertz CT molecular complexity index is 2280. The highest BCUT2D eigenvalue weighted by Gasteiger charge is 2.42. The molecule has 6 aromatic rings. The number of hydrogen-bond donors (Lipinski definition) is 2. The minimum Gasteiger partial charge on any atom is -0.443 e. The number of thioether (sulfide) groups is 2. The number of Topliss-reactive ketones (excluding diaryl/α,β-unsaturated/α-hetero) is 1. The maximum Gasteiger partial charge on any atom is 0.414 e. The van der Waals surface area contributed by atoms with Crippen molar-refractivity contribution in [2.75, 3.05) is 30.0 Å². The van der Waals surface area contributed by atoms with Gasteiger partial charge in [0.15, 0.2) is 5.78 Å². The van der Waals surface area contributed by atoms with E-state index in [9.17, 15) is 14.4 Å². The smallest absolute Gasteiger partial charge is 0.414 e. The summed E-state index contributed by atoms with van der Waals surface area (Å²) < 4.78 is 5.56. The van der Waals surface area contributed by atoms with Gasteiger partial charge in [0.2, 0.25) is 0 Å². The molecule has 1 aliphatic rings. The van der Waals surface area contributed by atoms with Crippen molar-refractivity contribution in [1.82, 2.24) is 15.6 Å². The van der Waals surface area contributed by atoms with Gasteiger partial charge in [-0.15, -0.1) is 23.1 Å². The molecule has 0 saturated carbocycles. The van der Waals surface area contributed by atoms with Crippen LogP contribution in [-0.2, 0) is 20.7 Å². The van der Waals surface area contributed by atoms with Crippen molar-refractivity contribution >= 4 is 58.3 Å². The second kappa shape index (κ2) is 20.8. The second-order valence-corrected chi connectivity index (χ2v) is 19.8. The molecular weight excluding hydrogens is 829 g/mol. The molecule has 0 aliphatic carbocycles. The number of thiazole rings is 1. The van der Waals surface area contributed by atoms with E-state index in [1.807, 2.05) is 80.6 Å². The van der Waals surface area contributed by atoms with Gasteiger partial charge >= 0.3 is 6.09 Å². The van der Waals surface area contributed by atoms with Gasteiger partial charge in [0.1, 0.15) is 10.6 Å². The van der Waals surface area contributed by atoms with Gasteiger partial charge in [0.25, 0.3) is 5.91 Å². The van der Waals surface area contributed by atoms with Crippen LogP contribution < -0.4 is 15.5 Å². The largest absolute Gasteiger partial charge is 0.443 e. The monoisotopic (exact) mass is 882 g/mol. The molecule has 0 bridgehead atoms. The van der Waals surface area contributed by atoms with Crippen molar-refractivity contribution in [2.45, 2.75) is 67.7 Å². The van der Waals surface area contributed by atoms with Crippen LogP contribution >= 0.6 is 34.9 Å². The van der Waals surface area contributed by atoms with Crippen LogP contribution in [0.2, 0.25) is 0 Å². The summed E-state index contributed by atoms with van der Waals surface area (Å²) in [5, 5.41) is 9.52. The lowest BCUT2D eigenvalue weighted by Crippen LogP contribution is -2.44. The number of carbonyl (C=O) groups is 3. The van der Waals surface area contributed by atoms with E-state index in [0.29, 0.717) is 34.8 Å². The lowest BCUT2D eigenvalue weighted by Gasteiger charge is -2.37. The summed E-state index contributed by atoms with van der Waals surface area (Å²) in [7, 11) is 0. The Hall–Kier alpha value is -5.20. The Balaban J connectivity index is 1.17. The van der Waals surface area contributed by atoms with Crippen molar-refractivity contribution in [3.63, 3.8) is 0 Å². The molecule has 5 aromatic carbocycles. The Morgan fingerprint density at radius 3 is 2.00 bits per heavy atom. The predicted octanol–water partition coefficient (Wildman–Crippen LogP) is 10.7. The molecular formula is C51H54N4O4S3. The molecule has 2 amide bonds. The van der Waals surface area contributed by atoms with E-state index in [1.54, 1.807) is 35.0 Å². The molecule has 320 valence electrons. The maximum atomic E-state index is 14.2. The fourth-order valence-electron chi connectivity index (χ4n) is 7.94. The molecule has 3 atom stereocenters. The summed E-state index contributed by atoms with van der Waals surface area (Å²) in [4.78, 5) is 48.3. The average molecular weight is 883 g/mol. The van der Waals surface area contributed by atoms with Crippen LogP contribution in [0, 0.1) is 0 Å². The Morgan fingerprint density at radius 2 is 1.45 bits per heavy atom. The molecule has 0 radical (unpaired) electrons. The third-order valence-electron chi connectivity index (χ3n) is 10.8. The van der Waals surface area contributed by atoms with Gasteiger partial charge in [-0.3, -0.25) is 14.5 Å². The predicted molar refractivity (Wildman–Crippen MR) is 258 cm³/mol. The number of carbonyl (C=O) groups excluding carboxylic acids is 3. The summed E-state index contributed by atoms with van der Waals surface area (Å²) >= 11 is 4.99. The zero-order valence-corrected chi connectivity index (χ0v) is 38.1. The number of nitrogens with one attached hydrogen (secondary N) is 2. The number of ether oxygens (including phenoxy) is 1. The Labute approximate surface area is 378 Å². The number of amides is 2.